The van der Waals surface area contributed by atoms with Gasteiger partial charge in [-0.05, 0) is 51.8 Å². The topological polar surface area (TPSA) is 114 Å². The molecule has 190 valence electrons. The second-order valence-corrected chi connectivity index (χ2v) is 9.98. The first-order valence-corrected chi connectivity index (χ1v) is 12.5. The first-order valence-electron chi connectivity index (χ1n) is 12.5. The molecule has 2 bridgehead atoms. The molecule has 1 amide bonds. The molecule has 2 aliphatic rings. The zero-order valence-corrected chi connectivity index (χ0v) is 20.9. The van der Waals surface area contributed by atoms with Crippen LogP contribution in [-0.2, 0) is 0 Å². The van der Waals surface area contributed by atoms with Crippen LogP contribution in [0, 0.1) is 12.7 Å². The summed E-state index contributed by atoms with van der Waals surface area (Å²) in [6.45, 7) is 7.49. The van der Waals surface area contributed by atoms with Gasteiger partial charge in [0.25, 0.3) is 5.91 Å². The molecule has 2 aliphatic heterocycles. The van der Waals surface area contributed by atoms with Crippen molar-refractivity contribution in [1.29, 1.82) is 0 Å². The lowest BCUT2D eigenvalue weighted by Gasteiger charge is -2.32. The Balaban J connectivity index is 1.22. The third-order valence-corrected chi connectivity index (χ3v) is 7.01. The van der Waals surface area contributed by atoms with Crippen molar-refractivity contribution < 1.29 is 9.18 Å². The van der Waals surface area contributed by atoms with E-state index in [1.54, 1.807) is 24.5 Å². The van der Waals surface area contributed by atoms with E-state index >= 15 is 0 Å². The van der Waals surface area contributed by atoms with Crippen molar-refractivity contribution in [3.05, 3.63) is 54.0 Å². The van der Waals surface area contributed by atoms with Crippen LogP contribution in [0.25, 0.3) is 22.4 Å². The van der Waals surface area contributed by atoms with Gasteiger partial charge in [-0.3, -0.25) is 4.79 Å². The molecular formula is C26H28FN9O. The van der Waals surface area contributed by atoms with Gasteiger partial charge in [0.1, 0.15) is 17.3 Å². The number of carbonyl (C=O) groups excluding carboxylic acids is 1. The Morgan fingerprint density at radius 1 is 1.08 bits per heavy atom. The van der Waals surface area contributed by atoms with E-state index in [1.165, 1.54) is 0 Å². The lowest BCUT2D eigenvalue weighted by Crippen LogP contribution is -2.53. The fraction of sp³-hybridized carbons (Fsp3) is 0.385. The lowest BCUT2D eigenvalue weighted by atomic mass is 10.2. The molecule has 0 saturated carbocycles. The highest BCUT2D eigenvalue weighted by molar-refractivity contribution is 5.94. The van der Waals surface area contributed by atoms with Crippen LogP contribution in [0.2, 0.25) is 0 Å². The van der Waals surface area contributed by atoms with Gasteiger partial charge < -0.3 is 20.1 Å². The Bertz CT molecular complexity index is 1470. The van der Waals surface area contributed by atoms with Crippen molar-refractivity contribution in [3.63, 3.8) is 0 Å². The predicted molar refractivity (Wildman–Crippen MR) is 137 cm³/mol. The molecule has 4 aromatic rings. The Morgan fingerprint density at radius 3 is 2.57 bits per heavy atom. The maximum absolute atomic E-state index is 14.8. The number of carbonyl (C=O) groups is 1. The summed E-state index contributed by atoms with van der Waals surface area (Å²) in [5.74, 6) is 0.916. The van der Waals surface area contributed by atoms with Gasteiger partial charge in [0.15, 0.2) is 11.5 Å². The molecule has 2 saturated heterocycles. The Kier molecular flexibility index (Phi) is 5.79. The quantitative estimate of drug-likeness (QED) is 0.426. The standard InChI is InChI=1S/C26H28FN9O/c1-14(2)36-15(3)31-24-21(36)8-17(10-29-24)23-20(27)11-30-26(34-23)33-22-7-4-16(9-28-22)25(37)35-12-18-5-6-19(13-35)32-18/h4,7-11,14,18-19,32H,5-6,12-13H2,1-3H3,(H,28,30,33,34). The molecule has 6 rings (SSSR count). The number of piperazine rings is 1. The van der Waals surface area contributed by atoms with E-state index in [9.17, 15) is 9.18 Å². The van der Waals surface area contributed by atoms with Crippen LogP contribution in [0.1, 0.15) is 48.9 Å². The molecule has 10 nitrogen and oxygen atoms in total. The van der Waals surface area contributed by atoms with Crippen molar-refractivity contribution in [2.75, 3.05) is 18.4 Å². The number of amides is 1. The summed E-state index contributed by atoms with van der Waals surface area (Å²) in [6, 6.07) is 6.22. The minimum Gasteiger partial charge on any atom is -0.335 e. The van der Waals surface area contributed by atoms with Gasteiger partial charge in [0, 0.05) is 49.2 Å². The van der Waals surface area contributed by atoms with Crippen molar-refractivity contribution in [3.8, 4) is 11.3 Å². The van der Waals surface area contributed by atoms with E-state index in [0.717, 1.165) is 43.5 Å². The third-order valence-electron chi connectivity index (χ3n) is 7.01. The number of hydrogen-bond donors (Lipinski definition) is 2. The van der Waals surface area contributed by atoms with Gasteiger partial charge in [-0.25, -0.2) is 29.3 Å². The number of rotatable bonds is 5. The molecule has 2 atom stereocenters. The molecule has 6 heterocycles. The van der Waals surface area contributed by atoms with Gasteiger partial charge >= 0.3 is 0 Å². The number of imidazole rings is 1. The molecule has 37 heavy (non-hydrogen) atoms. The number of fused-ring (bicyclic) bond motifs is 3. The summed E-state index contributed by atoms with van der Waals surface area (Å²) in [6.07, 6.45) is 6.46. The molecule has 0 aromatic carbocycles. The van der Waals surface area contributed by atoms with Crippen LogP contribution in [0.3, 0.4) is 0 Å². The maximum atomic E-state index is 14.8. The minimum atomic E-state index is -0.557. The maximum Gasteiger partial charge on any atom is 0.255 e. The van der Waals surface area contributed by atoms with Crippen LogP contribution in [-0.4, -0.2) is 65.5 Å². The zero-order chi connectivity index (χ0) is 25.7. The fourth-order valence-corrected chi connectivity index (χ4v) is 5.36. The van der Waals surface area contributed by atoms with Gasteiger partial charge in [0.2, 0.25) is 5.95 Å². The highest BCUT2D eigenvalue weighted by Crippen LogP contribution is 2.27. The average molecular weight is 502 g/mol. The van der Waals surface area contributed by atoms with Crippen molar-refractivity contribution in [1.82, 2.24) is 39.7 Å². The number of aryl methyl sites for hydroxylation is 1. The largest absolute Gasteiger partial charge is 0.335 e. The molecule has 0 spiro atoms. The van der Waals surface area contributed by atoms with Crippen LogP contribution < -0.4 is 10.6 Å². The second-order valence-electron chi connectivity index (χ2n) is 9.98. The number of halogens is 1. The lowest BCUT2D eigenvalue weighted by molar-refractivity contribution is 0.0697. The number of likely N-dealkylation sites (tertiary alicyclic amines) is 1. The Hall–Kier alpha value is -3.99. The molecule has 2 unspecified atom stereocenters. The van der Waals surface area contributed by atoms with Crippen LogP contribution in [0.4, 0.5) is 16.2 Å². The Labute approximate surface area is 213 Å². The van der Waals surface area contributed by atoms with Crippen LogP contribution >= 0.6 is 0 Å². The predicted octanol–water partition coefficient (Wildman–Crippen LogP) is 3.63. The fourth-order valence-electron chi connectivity index (χ4n) is 5.36. The van der Waals surface area contributed by atoms with Gasteiger partial charge in [-0.15, -0.1) is 0 Å². The molecule has 11 heteroatoms. The van der Waals surface area contributed by atoms with E-state index in [-0.39, 0.29) is 23.6 Å². The monoisotopic (exact) mass is 501 g/mol. The van der Waals surface area contributed by atoms with Crippen LogP contribution in [0.15, 0.2) is 36.8 Å². The minimum absolute atomic E-state index is 0.0171. The van der Waals surface area contributed by atoms with E-state index in [0.29, 0.717) is 34.7 Å². The normalized spacial score (nSPS) is 19.1. The number of aromatic nitrogens is 6. The average Bonchev–Trinajstić information content (AvgIpc) is 3.41. The molecule has 0 radical (unpaired) electrons. The molecule has 0 aliphatic carbocycles. The highest BCUT2D eigenvalue weighted by Gasteiger charge is 2.34. The van der Waals surface area contributed by atoms with Crippen molar-refractivity contribution in [2.24, 2.45) is 0 Å². The number of pyridine rings is 2. The van der Waals surface area contributed by atoms with Crippen molar-refractivity contribution in [2.45, 2.75) is 51.7 Å². The third kappa shape index (κ3) is 4.39. The Morgan fingerprint density at radius 2 is 1.86 bits per heavy atom. The zero-order valence-electron chi connectivity index (χ0n) is 20.9. The van der Waals surface area contributed by atoms with Crippen molar-refractivity contribution >= 4 is 28.8 Å². The second kappa shape index (κ2) is 9.15. The van der Waals surface area contributed by atoms with E-state index in [2.05, 4.69) is 54.0 Å². The van der Waals surface area contributed by atoms with Crippen LogP contribution in [0.5, 0.6) is 0 Å². The number of anilines is 2. The summed E-state index contributed by atoms with van der Waals surface area (Å²) in [5, 5.41) is 6.54. The summed E-state index contributed by atoms with van der Waals surface area (Å²) >= 11 is 0. The van der Waals surface area contributed by atoms with E-state index in [1.807, 2.05) is 17.9 Å². The summed E-state index contributed by atoms with van der Waals surface area (Å²) in [7, 11) is 0. The summed E-state index contributed by atoms with van der Waals surface area (Å²) < 4.78 is 16.8. The van der Waals surface area contributed by atoms with E-state index in [4.69, 9.17) is 0 Å². The summed E-state index contributed by atoms with van der Waals surface area (Å²) in [4.78, 5) is 36.6. The molecule has 4 aromatic heterocycles. The first-order chi connectivity index (χ1) is 17.9. The van der Waals surface area contributed by atoms with Gasteiger partial charge in [-0.1, -0.05) is 0 Å². The molecule has 2 fully saturated rings. The van der Waals surface area contributed by atoms with Gasteiger partial charge in [-0.2, -0.15) is 0 Å². The molecule has 2 N–H and O–H groups in total. The number of nitrogens with one attached hydrogen (secondary N) is 2. The van der Waals surface area contributed by atoms with E-state index < -0.39 is 5.82 Å². The smallest absolute Gasteiger partial charge is 0.255 e. The highest BCUT2D eigenvalue weighted by atomic mass is 19.1. The number of nitrogens with zero attached hydrogens (tertiary/aromatic N) is 7. The SMILES string of the molecule is Cc1nc2ncc(-c3nc(Nc4ccc(C(=O)N5CC6CCC(C5)N6)cn4)ncc3F)cc2n1C(C)C. The number of hydrogen-bond acceptors (Lipinski definition) is 8. The molecular weight excluding hydrogens is 473 g/mol. The first kappa shape index (κ1) is 23.4. The van der Waals surface area contributed by atoms with Gasteiger partial charge in [0.05, 0.1) is 17.3 Å². The summed E-state index contributed by atoms with van der Waals surface area (Å²) in [5.41, 5.74) is 2.60.